The van der Waals surface area contributed by atoms with Gasteiger partial charge in [0.2, 0.25) is 0 Å². The van der Waals surface area contributed by atoms with Crippen LogP contribution in [0.5, 0.6) is 0 Å². The van der Waals surface area contributed by atoms with Crippen molar-refractivity contribution >= 4 is 46.6 Å². The molecule has 0 aromatic carbocycles. The number of hydrogen-bond donors (Lipinski definition) is 0. The van der Waals surface area contributed by atoms with E-state index in [1.54, 1.807) is 20.8 Å². The van der Waals surface area contributed by atoms with E-state index in [0.29, 0.717) is 6.08 Å². The predicted molar refractivity (Wildman–Crippen MR) is 140 cm³/mol. The molecule has 0 aromatic heterocycles. The predicted octanol–water partition coefficient (Wildman–Crippen LogP) is 1.39. The van der Waals surface area contributed by atoms with Gasteiger partial charge in [-0.3, -0.25) is 23.4 Å². The molecule has 0 saturated carbocycles. The summed E-state index contributed by atoms with van der Waals surface area (Å²) in [5, 5.41) is 0. The zero-order valence-electron chi connectivity index (χ0n) is 24.8. The molecule has 0 radical (unpaired) electrons. The van der Waals surface area contributed by atoms with E-state index in [2.05, 4.69) is 0 Å². The highest BCUT2D eigenvalue weighted by molar-refractivity contribution is 7.90. The Morgan fingerprint density at radius 2 is 1.17 bits per heavy atom. The first-order valence-electron chi connectivity index (χ1n) is 12.5. The Balaban J connectivity index is 3.80. The molecule has 0 amide bonds. The van der Waals surface area contributed by atoms with Crippen LogP contribution in [0.4, 0.5) is 0 Å². The number of ether oxygens (including phenoxy) is 7. The van der Waals surface area contributed by atoms with Gasteiger partial charge in [0.15, 0.2) is 23.7 Å². The molecule has 15 heteroatoms. The number of carbonyl (C=O) groups excluding carboxylic acids is 6. The van der Waals surface area contributed by atoms with Gasteiger partial charge in [-0.05, 0) is 41.5 Å². The Morgan fingerprint density at radius 3 is 1.61 bits per heavy atom. The van der Waals surface area contributed by atoms with E-state index < -0.39 is 99.2 Å². The van der Waals surface area contributed by atoms with Gasteiger partial charge < -0.3 is 33.2 Å². The van der Waals surface area contributed by atoms with E-state index >= 15 is 0 Å². The summed E-state index contributed by atoms with van der Waals surface area (Å²) in [6, 6.07) is 0. The van der Waals surface area contributed by atoms with Crippen molar-refractivity contribution in [1.82, 2.24) is 0 Å². The number of esters is 6. The normalized spacial score (nSPS) is 23.9. The quantitative estimate of drug-likeness (QED) is 0.208. The van der Waals surface area contributed by atoms with Gasteiger partial charge in [-0.1, -0.05) is 0 Å². The van der Waals surface area contributed by atoms with Crippen LogP contribution in [0.25, 0.3) is 0 Å². The second-order valence-electron chi connectivity index (χ2n) is 10.9. The Bertz CT molecular complexity index is 1080. The van der Waals surface area contributed by atoms with Gasteiger partial charge in [0.05, 0.1) is 10.8 Å². The van der Waals surface area contributed by atoms with Crippen molar-refractivity contribution < 1.29 is 66.1 Å². The molecule has 1 heterocycles. The van der Waals surface area contributed by atoms with Gasteiger partial charge in [0.25, 0.3) is 0 Å². The third-order valence-corrected chi connectivity index (χ3v) is 6.15. The van der Waals surface area contributed by atoms with Crippen LogP contribution in [0.3, 0.4) is 0 Å². The zero-order chi connectivity index (χ0) is 31.9. The summed E-state index contributed by atoms with van der Waals surface area (Å²) in [4.78, 5) is 72.7. The van der Waals surface area contributed by atoms with Gasteiger partial charge in [0.1, 0.15) is 28.8 Å². The van der Waals surface area contributed by atoms with E-state index in [0.717, 1.165) is 27.7 Å². The third-order valence-electron chi connectivity index (χ3n) is 4.63. The Hall–Kier alpha value is -3.33. The fourth-order valence-corrected chi connectivity index (χ4v) is 4.82. The molecule has 0 N–H and O–H groups in total. The standard InChI is InChI=1S/C26H38O14S/c1-13(27)34-12-17-20(35-14(2)28)21(36-15(3)29)22(37-16(4)30)24(38-17)41(33)18(23(32)40-26(8,9)10)11-19(31)39-25(5,6)7/h11,17,20-22,24H,12H2,1-10H3/b18-11+/t17-,20-,21+,22-,24+,41-/m1/s1. The molecule has 1 saturated heterocycles. The van der Waals surface area contributed by atoms with E-state index in [9.17, 15) is 33.0 Å². The summed E-state index contributed by atoms with van der Waals surface area (Å²) in [6.45, 7) is 12.9. The molecule has 0 aromatic rings. The maximum absolute atomic E-state index is 14.0. The molecule has 41 heavy (non-hydrogen) atoms. The first kappa shape index (κ1) is 35.7. The molecule has 0 unspecified atom stereocenters. The fraction of sp³-hybridized carbons (Fsp3) is 0.692. The minimum atomic E-state index is -2.69. The lowest BCUT2D eigenvalue weighted by Crippen LogP contribution is -2.63. The molecule has 1 aliphatic rings. The lowest BCUT2D eigenvalue weighted by atomic mass is 9.99. The van der Waals surface area contributed by atoms with Crippen molar-refractivity contribution in [2.45, 2.75) is 110 Å². The fourth-order valence-electron chi connectivity index (χ4n) is 3.45. The molecule has 1 fully saturated rings. The summed E-state index contributed by atoms with van der Waals surface area (Å²) >= 11 is 0. The lowest BCUT2D eigenvalue weighted by Gasteiger charge is -2.44. The maximum atomic E-state index is 14.0. The van der Waals surface area contributed by atoms with Crippen LogP contribution in [0.15, 0.2) is 11.0 Å². The smallest absolute Gasteiger partial charge is 0.348 e. The highest BCUT2D eigenvalue weighted by atomic mass is 32.2. The average molecular weight is 607 g/mol. The summed E-state index contributed by atoms with van der Waals surface area (Å²) in [6.07, 6.45) is -5.64. The van der Waals surface area contributed by atoms with E-state index in [1.165, 1.54) is 20.8 Å². The summed E-state index contributed by atoms with van der Waals surface area (Å²) < 4.78 is 51.4. The van der Waals surface area contributed by atoms with Crippen LogP contribution in [0.2, 0.25) is 0 Å². The molecule has 0 spiro atoms. The minimum absolute atomic E-state index is 0.580. The topological polar surface area (TPSA) is 184 Å². The molecule has 1 rings (SSSR count). The van der Waals surface area contributed by atoms with Crippen molar-refractivity contribution in [2.24, 2.45) is 0 Å². The first-order chi connectivity index (χ1) is 18.6. The highest BCUT2D eigenvalue weighted by Gasteiger charge is 2.55. The summed E-state index contributed by atoms with van der Waals surface area (Å²) in [7, 11) is -2.69. The van der Waals surface area contributed by atoms with Crippen molar-refractivity contribution in [3.05, 3.63) is 11.0 Å². The summed E-state index contributed by atoms with van der Waals surface area (Å²) in [5.74, 6) is -5.68. The molecule has 14 nitrogen and oxygen atoms in total. The molecule has 0 bridgehead atoms. The number of hydrogen-bond acceptors (Lipinski definition) is 14. The van der Waals surface area contributed by atoms with Gasteiger partial charge >= 0.3 is 35.8 Å². The Labute approximate surface area is 240 Å². The Kier molecular flexibility index (Phi) is 12.6. The first-order valence-corrected chi connectivity index (χ1v) is 13.7. The van der Waals surface area contributed by atoms with Crippen LogP contribution in [0, 0.1) is 0 Å². The highest BCUT2D eigenvalue weighted by Crippen LogP contribution is 2.33. The van der Waals surface area contributed by atoms with Crippen LogP contribution in [0.1, 0.15) is 69.2 Å². The maximum Gasteiger partial charge on any atom is 0.348 e. The van der Waals surface area contributed by atoms with Gasteiger partial charge in [-0.25, -0.2) is 9.59 Å². The lowest BCUT2D eigenvalue weighted by molar-refractivity contribution is -0.238. The van der Waals surface area contributed by atoms with Gasteiger partial charge in [0, 0.05) is 33.8 Å². The van der Waals surface area contributed by atoms with Crippen molar-refractivity contribution in [1.29, 1.82) is 0 Å². The third kappa shape index (κ3) is 12.4. The number of carbonyl (C=O) groups is 6. The SMILES string of the molecule is CC(=O)OC[C@H]1O[C@@H]([S@](=O)/C(=C/C(=O)OC(C)(C)C)C(=O)OC(C)(C)C)[C@H](OC(C)=O)[C@@H](OC(C)=O)[C@@H]1OC(C)=O. The molecular formula is C26H38O14S. The molecule has 1 aliphatic heterocycles. The van der Waals surface area contributed by atoms with Crippen LogP contribution in [-0.4, -0.2) is 87.7 Å². The molecule has 0 aliphatic carbocycles. The summed E-state index contributed by atoms with van der Waals surface area (Å²) in [5.41, 5.74) is -3.89. The largest absolute Gasteiger partial charge is 0.463 e. The second-order valence-corrected chi connectivity index (χ2v) is 12.4. The molecule has 232 valence electrons. The van der Waals surface area contributed by atoms with Crippen molar-refractivity contribution in [2.75, 3.05) is 6.61 Å². The minimum Gasteiger partial charge on any atom is -0.463 e. The van der Waals surface area contributed by atoms with E-state index in [-0.39, 0.29) is 0 Å². The van der Waals surface area contributed by atoms with Crippen molar-refractivity contribution in [3.63, 3.8) is 0 Å². The van der Waals surface area contributed by atoms with E-state index in [1.807, 2.05) is 0 Å². The zero-order valence-corrected chi connectivity index (χ0v) is 25.6. The number of rotatable bonds is 9. The van der Waals surface area contributed by atoms with E-state index in [4.69, 9.17) is 33.2 Å². The average Bonchev–Trinajstić information content (AvgIpc) is 2.75. The Morgan fingerprint density at radius 1 is 0.707 bits per heavy atom. The molecule has 6 atom stereocenters. The van der Waals surface area contributed by atoms with Crippen LogP contribution < -0.4 is 0 Å². The van der Waals surface area contributed by atoms with Gasteiger partial charge in [-0.2, -0.15) is 0 Å². The van der Waals surface area contributed by atoms with Crippen molar-refractivity contribution in [3.8, 4) is 0 Å². The van der Waals surface area contributed by atoms with Crippen LogP contribution >= 0.6 is 0 Å². The van der Waals surface area contributed by atoms with Gasteiger partial charge in [-0.15, -0.1) is 0 Å². The second kappa shape index (κ2) is 14.5. The molecular weight excluding hydrogens is 568 g/mol. The van der Waals surface area contributed by atoms with Crippen LogP contribution in [-0.2, 0) is 72.7 Å². The monoisotopic (exact) mass is 606 g/mol.